The molecule has 0 aliphatic carbocycles. The second kappa shape index (κ2) is 5.16. The fraction of sp³-hybridized carbons (Fsp3) is 0.583. The van der Waals surface area contributed by atoms with Crippen LogP contribution in [0.2, 0.25) is 0 Å². The lowest BCUT2D eigenvalue weighted by Crippen LogP contribution is -2.49. The molecule has 0 aliphatic heterocycles. The van der Waals surface area contributed by atoms with Gasteiger partial charge in [0.15, 0.2) is 0 Å². The Kier molecular flexibility index (Phi) is 4.12. The van der Waals surface area contributed by atoms with Crippen molar-refractivity contribution < 1.29 is 14.3 Å². The fourth-order valence-electron chi connectivity index (χ4n) is 1.78. The maximum absolute atomic E-state index is 11.3. The molecular formula is C12H19NO3. The zero-order valence-electron chi connectivity index (χ0n) is 10.1. The van der Waals surface area contributed by atoms with Crippen LogP contribution >= 0.6 is 0 Å². The zero-order chi connectivity index (χ0) is 12.2. The smallest absolute Gasteiger partial charge is 0.323 e. The molecule has 0 bridgehead atoms. The largest absolute Gasteiger partial charge is 0.480 e. The summed E-state index contributed by atoms with van der Waals surface area (Å²) in [5.41, 5.74) is 0.178. The van der Waals surface area contributed by atoms with E-state index in [4.69, 9.17) is 4.42 Å². The molecule has 1 atom stereocenters. The van der Waals surface area contributed by atoms with Crippen molar-refractivity contribution in [1.82, 2.24) is 4.90 Å². The Hall–Kier alpha value is -1.29. The molecule has 0 fully saturated rings. The van der Waals surface area contributed by atoms with E-state index in [1.165, 1.54) is 0 Å². The molecule has 1 aromatic rings. The van der Waals surface area contributed by atoms with Crippen molar-refractivity contribution in [2.45, 2.75) is 38.8 Å². The molecule has 1 N–H and O–H groups in total. The van der Waals surface area contributed by atoms with E-state index in [1.54, 1.807) is 19.5 Å². The molecule has 0 radical (unpaired) electrons. The first-order valence-corrected chi connectivity index (χ1v) is 5.46. The third-order valence-electron chi connectivity index (χ3n) is 3.04. The van der Waals surface area contributed by atoms with Crippen molar-refractivity contribution >= 4 is 5.97 Å². The van der Waals surface area contributed by atoms with Crippen LogP contribution in [0.15, 0.2) is 23.0 Å². The minimum atomic E-state index is -0.813. The highest BCUT2D eigenvalue weighted by Crippen LogP contribution is 2.22. The number of aliphatic carboxylic acids is 1. The summed E-state index contributed by atoms with van der Waals surface area (Å²) in [6, 6.07) is 1.85. The SMILES string of the molecule is CCCC(C)(C(=O)O)N(C)Cc1ccoc1. The first-order chi connectivity index (χ1) is 7.50. The molecular weight excluding hydrogens is 206 g/mol. The number of hydrogen-bond donors (Lipinski definition) is 1. The lowest BCUT2D eigenvalue weighted by atomic mass is 9.94. The minimum absolute atomic E-state index is 0.583. The summed E-state index contributed by atoms with van der Waals surface area (Å²) in [5, 5.41) is 9.30. The van der Waals surface area contributed by atoms with Crippen molar-refractivity contribution in [3.8, 4) is 0 Å². The molecule has 0 saturated carbocycles. The molecule has 1 rings (SSSR count). The molecule has 0 aliphatic rings. The number of hydrogen-bond acceptors (Lipinski definition) is 3. The zero-order valence-corrected chi connectivity index (χ0v) is 10.1. The average molecular weight is 225 g/mol. The Morgan fingerprint density at radius 2 is 2.31 bits per heavy atom. The van der Waals surface area contributed by atoms with Crippen LogP contribution in [0.1, 0.15) is 32.3 Å². The maximum Gasteiger partial charge on any atom is 0.323 e. The van der Waals surface area contributed by atoms with Crippen LogP contribution in [0.25, 0.3) is 0 Å². The van der Waals surface area contributed by atoms with Crippen LogP contribution in [-0.2, 0) is 11.3 Å². The van der Waals surface area contributed by atoms with E-state index >= 15 is 0 Å². The third-order valence-corrected chi connectivity index (χ3v) is 3.04. The molecule has 1 heterocycles. The van der Waals surface area contributed by atoms with E-state index in [9.17, 15) is 9.90 Å². The predicted molar refractivity (Wildman–Crippen MR) is 61.1 cm³/mol. The first kappa shape index (κ1) is 12.8. The average Bonchev–Trinajstić information content (AvgIpc) is 2.70. The summed E-state index contributed by atoms with van der Waals surface area (Å²) in [4.78, 5) is 13.2. The highest BCUT2D eigenvalue weighted by molar-refractivity contribution is 5.78. The Labute approximate surface area is 95.9 Å². The number of carbonyl (C=O) groups is 1. The fourth-order valence-corrected chi connectivity index (χ4v) is 1.78. The van der Waals surface area contributed by atoms with Gasteiger partial charge in [0.25, 0.3) is 0 Å². The van der Waals surface area contributed by atoms with Gasteiger partial charge < -0.3 is 9.52 Å². The molecule has 4 nitrogen and oxygen atoms in total. The van der Waals surface area contributed by atoms with Crippen molar-refractivity contribution in [3.63, 3.8) is 0 Å². The van der Waals surface area contributed by atoms with E-state index in [0.29, 0.717) is 13.0 Å². The van der Waals surface area contributed by atoms with E-state index in [2.05, 4.69) is 0 Å². The summed E-state index contributed by atoms with van der Waals surface area (Å²) in [6.45, 7) is 4.34. The molecule has 1 unspecified atom stereocenters. The lowest BCUT2D eigenvalue weighted by molar-refractivity contribution is -0.150. The van der Waals surface area contributed by atoms with Crippen LogP contribution < -0.4 is 0 Å². The van der Waals surface area contributed by atoms with Gasteiger partial charge >= 0.3 is 5.97 Å². The molecule has 0 saturated heterocycles. The maximum atomic E-state index is 11.3. The molecule has 0 aromatic carbocycles. The van der Waals surface area contributed by atoms with Crippen molar-refractivity contribution in [2.75, 3.05) is 7.05 Å². The van der Waals surface area contributed by atoms with Crippen LogP contribution in [0.3, 0.4) is 0 Å². The van der Waals surface area contributed by atoms with Gasteiger partial charge in [-0.25, -0.2) is 0 Å². The van der Waals surface area contributed by atoms with Gasteiger partial charge in [0, 0.05) is 12.1 Å². The van der Waals surface area contributed by atoms with Gasteiger partial charge in [-0.2, -0.15) is 0 Å². The van der Waals surface area contributed by atoms with Crippen LogP contribution in [0.4, 0.5) is 0 Å². The molecule has 4 heteroatoms. The summed E-state index contributed by atoms with van der Waals surface area (Å²) in [7, 11) is 1.83. The van der Waals surface area contributed by atoms with Gasteiger partial charge in [-0.05, 0) is 26.5 Å². The van der Waals surface area contributed by atoms with Crippen LogP contribution in [0.5, 0.6) is 0 Å². The Bertz CT molecular complexity index is 334. The molecule has 0 spiro atoms. The number of furan rings is 1. The van der Waals surface area contributed by atoms with Crippen molar-refractivity contribution in [3.05, 3.63) is 24.2 Å². The predicted octanol–water partition coefficient (Wildman–Crippen LogP) is 2.35. The van der Waals surface area contributed by atoms with Crippen LogP contribution in [0, 0.1) is 0 Å². The third kappa shape index (κ3) is 2.64. The van der Waals surface area contributed by atoms with Gasteiger partial charge in [0.1, 0.15) is 5.54 Å². The summed E-state index contributed by atoms with van der Waals surface area (Å²) >= 11 is 0. The summed E-state index contributed by atoms with van der Waals surface area (Å²) in [5.74, 6) is -0.777. The summed E-state index contributed by atoms with van der Waals surface area (Å²) in [6.07, 6.45) is 4.72. The van der Waals surface area contributed by atoms with Crippen LogP contribution in [-0.4, -0.2) is 28.6 Å². The highest BCUT2D eigenvalue weighted by Gasteiger charge is 2.36. The van der Waals surface area contributed by atoms with E-state index < -0.39 is 11.5 Å². The minimum Gasteiger partial charge on any atom is -0.480 e. The molecule has 0 amide bonds. The second-order valence-corrected chi connectivity index (χ2v) is 4.32. The molecule has 90 valence electrons. The topological polar surface area (TPSA) is 53.7 Å². The second-order valence-electron chi connectivity index (χ2n) is 4.32. The Morgan fingerprint density at radius 1 is 1.62 bits per heavy atom. The van der Waals surface area contributed by atoms with Gasteiger partial charge in [-0.1, -0.05) is 13.3 Å². The van der Waals surface area contributed by atoms with Gasteiger partial charge in [-0.15, -0.1) is 0 Å². The molecule has 16 heavy (non-hydrogen) atoms. The van der Waals surface area contributed by atoms with E-state index in [0.717, 1.165) is 12.0 Å². The number of carboxylic acid groups (broad SMARTS) is 1. The Morgan fingerprint density at radius 3 is 2.75 bits per heavy atom. The summed E-state index contributed by atoms with van der Waals surface area (Å²) < 4.78 is 4.97. The van der Waals surface area contributed by atoms with Gasteiger partial charge in [-0.3, -0.25) is 9.69 Å². The van der Waals surface area contributed by atoms with Gasteiger partial charge in [0.2, 0.25) is 0 Å². The quantitative estimate of drug-likeness (QED) is 0.807. The number of rotatable bonds is 6. The van der Waals surface area contributed by atoms with Crippen molar-refractivity contribution in [2.24, 2.45) is 0 Å². The van der Waals surface area contributed by atoms with Crippen molar-refractivity contribution in [1.29, 1.82) is 0 Å². The first-order valence-electron chi connectivity index (χ1n) is 5.46. The number of likely N-dealkylation sites (N-methyl/N-ethyl adjacent to an activating group) is 1. The number of nitrogens with zero attached hydrogens (tertiary/aromatic N) is 1. The standard InChI is InChI=1S/C12H19NO3/c1-4-6-12(2,11(14)15)13(3)8-10-5-7-16-9-10/h5,7,9H,4,6,8H2,1-3H3,(H,14,15). The number of carboxylic acids is 1. The normalized spacial score (nSPS) is 15.0. The van der Waals surface area contributed by atoms with E-state index in [-0.39, 0.29) is 0 Å². The highest BCUT2D eigenvalue weighted by atomic mass is 16.4. The Balaban J connectivity index is 2.75. The van der Waals surface area contributed by atoms with E-state index in [1.807, 2.05) is 24.9 Å². The molecule has 1 aromatic heterocycles. The lowest BCUT2D eigenvalue weighted by Gasteiger charge is -2.34. The van der Waals surface area contributed by atoms with Gasteiger partial charge in [0.05, 0.1) is 12.5 Å². The monoisotopic (exact) mass is 225 g/mol.